The number of carbonyl (C=O) groups is 2. The van der Waals surface area contributed by atoms with Gasteiger partial charge in [0.05, 0.1) is 11.6 Å². The van der Waals surface area contributed by atoms with E-state index in [9.17, 15) is 19.8 Å². The molecule has 1 heterocycles. The van der Waals surface area contributed by atoms with Gasteiger partial charge in [0.2, 0.25) is 0 Å². The highest BCUT2D eigenvalue weighted by molar-refractivity contribution is 6.51. The van der Waals surface area contributed by atoms with E-state index in [0.717, 1.165) is 22.3 Å². The quantitative estimate of drug-likeness (QED) is 0.340. The molecule has 5 nitrogen and oxygen atoms in total. The second kappa shape index (κ2) is 8.00. The van der Waals surface area contributed by atoms with Crippen molar-refractivity contribution in [3.05, 3.63) is 99.6 Å². The van der Waals surface area contributed by atoms with Crippen LogP contribution in [-0.4, -0.2) is 21.9 Å². The maximum atomic E-state index is 13.3. The molecule has 0 radical (unpaired) electrons. The molecule has 0 aromatic heterocycles. The highest BCUT2D eigenvalue weighted by Gasteiger charge is 2.47. The van der Waals surface area contributed by atoms with Crippen LogP contribution in [0.2, 0.25) is 0 Å². The average molecular weight is 428 g/mol. The normalized spacial score (nSPS) is 17.8. The number of Topliss-reactive ketones (excluding diaryl/α,β-unsaturated/α-hetero) is 1. The zero-order valence-electron chi connectivity index (χ0n) is 18.5. The van der Waals surface area contributed by atoms with Gasteiger partial charge in [-0.05, 0) is 79.8 Å². The Bertz CT molecular complexity index is 1270. The van der Waals surface area contributed by atoms with E-state index >= 15 is 0 Å². The Morgan fingerprint density at radius 2 is 1.47 bits per heavy atom. The number of benzene rings is 3. The number of hydrogen-bond acceptors (Lipinski definition) is 4. The van der Waals surface area contributed by atoms with Gasteiger partial charge in [-0.1, -0.05) is 36.4 Å². The largest absolute Gasteiger partial charge is 0.508 e. The summed E-state index contributed by atoms with van der Waals surface area (Å²) in [7, 11) is 0. The zero-order chi connectivity index (χ0) is 23.2. The molecule has 1 aliphatic heterocycles. The Labute approximate surface area is 187 Å². The average Bonchev–Trinajstić information content (AvgIpc) is 3.02. The summed E-state index contributed by atoms with van der Waals surface area (Å²) >= 11 is 0. The minimum absolute atomic E-state index is 0.0323. The first-order valence-electron chi connectivity index (χ1n) is 10.4. The van der Waals surface area contributed by atoms with E-state index in [4.69, 9.17) is 0 Å². The van der Waals surface area contributed by atoms with E-state index < -0.39 is 17.7 Å². The third-order valence-electron chi connectivity index (χ3n) is 6.06. The molecule has 1 saturated heterocycles. The molecule has 2 N–H and O–H groups in total. The van der Waals surface area contributed by atoms with Crippen molar-refractivity contribution in [1.29, 1.82) is 0 Å². The van der Waals surface area contributed by atoms with Crippen LogP contribution >= 0.6 is 0 Å². The van der Waals surface area contributed by atoms with Gasteiger partial charge in [-0.2, -0.15) is 0 Å². The fourth-order valence-corrected chi connectivity index (χ4v) is 4.08. The van der Waals surface area contributed by atoms with Crippen LogP contribution in [-0.2, 0) is 9.59 Å². The van der Waals surface area contributed by atoms with Crippen LogP contribution < -0.4 is 4.90 Å². The van der Waals surface area contributed by atoms with Crippen molar-refractivity contribution in [2.24, 2.45) is 0 Å². The van der Waals surface area contributed by atoms with Gasteiger partial charge in [0.1, 0.15) is 11.5 Å². The zero-order valence-corrected chi connectivity index (χ0v) is 18.5. The monoisotopic (exact) mass is 427 g/mol. The molecule has 32 heavy (non-hydrogen) atoms. The second-order valence-electron chi connectivity index (χ2n) is 8.35. The summed E-state index contributed by atoms with van der Waals surface area (Å²) in [5.74, 6) is -1.56. The van der Waals surface area contributed by atoms with Crippen LogP contribution in [0.3, 0.4) is 0 Å². The number of nitrogens with zero attached hydrogens (tertiary/aromatic N) is 1. The van der Waals surface area contributed by atoms with Gasteiger partial charge >= 0.3 is 0 Å². The molecule has 162 valence electrons. The molecule has 0 bridgehead atoms. The van der Waals surface area contributed by atoms with Gasteiger partial charge in [-0.25, -0.2) is 0 Å². The predicted octanol–water partition coefficient (Wildman–Crippen LogP) is 5.25. The van der Waals surface area contributed by atoms with E-state index in [1.165, 1.54) is 17.0 Å². The number of amides is 1. The van der Waals surface area contributed by atoms with Crippen molar-refractivity contribution in [1.82, 2.24) is 0 Å². The molecule has 3 aromatic carbocycles. The topological polar surface area (TPSA) is 77.8 Å². The molecule has 1 fully saturated rings. The lowest BCUT2D eigenvalue weighted by Crippen LogP contribution is -2.30. The number of aliphatic hydroxyl groups is 1. The van der Waals surface area contributed by atoms with Crippen molar-refractivity contribution >= 4 is 23.1 Å². The van der Waals surface area contributed by atoms with Crippen molar-refractivity contribution in [2.75, 3.05) is 4.90 Å². The van der Waals surface area contributed by atoms with E-state index in [1.54, 1.807) is 18.2 Å². The van der Waals surface area contributed by atoms with Crippen molar-refractivity contribution in [2.45, 2.75) is 33.7 Å². The molecule has 0 saturated carbocycles. The molecular formula is C27H25NO4. The number of phenols is 1. The molecule has 3 aromatic rings. The maximum absolute atomic E-state index is 13.3. The molecule has 4 rings (SSSR count). The van der Waals surface area contributed by atoms with E-state index in [2.05, 4.69) is 0 Å². The molecule has 0 aliphatic carbocycles. The van der Waals surface area contributed by atoms with Gasteiger partial charge in [0, 0.05) is 11.3 Å². The summed E-state index contributed by atoms with van der Waals surface area (Å²) in [5.41, 5.74) is 5.57. The Morgan fingerprint density at radius 3 is 2.12 bits per heavy atom. The minimum Gasteiger partial charge on any atom is -0.508 e. The summed E-state index contributed by atoms with van der Waals surface area (Å²) in [6, 6.07) is 16.7. The Kier molecular flexibility index (Phi) is 5.35. The summed E-state index contributed by atoms with van der Waals surface area (Å²) in [4.78, 5) is 28.0. The Balaban J connectivity index is 1.99. The lowest BCUT2D eigenvalue weighted by molar-refractivity contribution is -0.132. The number of aromatic hydroxyl groups is 1. The fourth-order valence-electron chi connectivity index (χ4n) is 4.08. The minimum atomic E-state index is -0.822. The Hall–Kier alpha value is -3.86. The molecule has 5 heteroatoms. The first kappa shape index (κ1) is 21.4. The summed E-state index contributed by atoms with van der Waals surface area (Å²) in [6.07, 6.45) is 0. The summed E-state index contributed by atoms with van der Waals surface area (Å²) in [5, 5.41) is 21.0. The smallest absolute Gasteiger partial charge is 0.300 e. The van der Waals surface area contributed by atoms with E-state index in [0.29, 0.717) is 16.8 Å². The van der Waals surface area contributed by atoms with Crippen LogP contribution in [0, 0.1) is 27.7 Å². The Morgan fingerprint density at radius 1 is 0.812 bits per heavy atom. The van der Waals surface area contributed by atoms with Crippen LogP contribution in [0.15, 0.2) is 66.2 Å². The van der Waals surface area contributed by atoms with Crippen LogP contribution in [0.25, 0.3) is 5.76 Å². The maximum Gasteiger partial charge on any atom is 0.300 e. The van der Waals surface area contributed by atoms with Crippen molar-refractivity contribution in [3.63, 3.8) is 0 Å². The number of aliphatic hydroxyl groups excluding tert-OH is 1. The number of rotatable bonds is 3. The molecule has 1 unspecified atom stereocenters. The van der Waals surface area contributed by atoms with Gasteiger partial charge in [0.25, 0.3) is 11.7 Å². The first-order valence-corrected chi connectivity index (χ1v) is 10.4. The number of hydrogen-bond donors (Lipinski definition) is 2. The third kappa shape index (κ3) is 3.56. The number of aryl methyl sites for hydroxylation is 4. The number of anilines is 1. The number of phenolic OH excluding ortho intramolecular Hbond substituents is 1. The SMILES string of the molecule is Cc1ccc(C)c(N2C(=O)C(=O)/C(=C(\O)c3ccc(C)c(C)c3)C2c2ccc(O)cc2)c1. The lowest BCUT2D eigenvalue weighted by atomic mass is 9.94. The summed E-state index contributed by atoms with van der Waals surface area (Å²) in [6.45, 7) is 7.70. The fraction of sp³-hybridized carbons (Fsp3) is 0.185. The van der Waals surface area contributed by atoms with Crippen molar-refractivity contribution in [3.8, 4) is 5.75 Å². The lowest BCUT2D eigenvalue weighted by Gasteiger charge is -2.27. The van der Waals surface area contributed by atoms with Crippen LogP contribution in [0.4, 0.5) is 5.69 Å². The molecule has 1 amide bonds. The van der Waals surface area contributed by atoms with Gasteiger partial charge in [-0.15, -0.1) is 0 Å². The molecule has 0 spiro atoms. The van der Waals surface area contributed by atoms with Crippen LogP contribution in [0.1, 0.15) is 39.4 Å². The third-order valence-corrected chi connectivity index (χ3v) is 6.06. The standard InChI is InChI=1S/C27H25NO4/c1-15-5-6-17(3)22(13-15)28-24(19-9-11-21(29)12-10-19)23(26(31)27(28)32)25(30)20-8-7-16(2)18(4)14-20/h5-14,24,29-30H,1-4H3/b25-23-. The summed E-state index contributed by atoms with van der Waals surface area (Å²) < 4.78 is 0. The highest BCUT2D eigenvalue weighted by Crippen LogP contribution is 2.43. The molecular weight excluding hydrogens is 402 g/mol. The van der Waals surface area contributed by atoms with E-state index in [1.807, 2.05) is 58.0 Å². The molecule has 1 aliphatic rings. The number of ketones is 1. The van der Waals surface area contributed by atoms with Crippen molar-refractivity contribution < 1.29 is 19.8 Å². The molecule has 1 atom stereocenters. The highest BCUT2D eigenvalue weighted by atomic mass is 16.3. The first-order chi connectivity index (χ1) is 15.2. The number of carbonyl (C=O) groups excluding carboxylic acids is 2. The predicted molar refractivity (Wildman–Crippen MR) is 125 cm³/mol. The van der Waals surface area contributed by atoms with Gasteiger partial charge in [-0.3, -0.25) is 14.5 Å². The van der Waals surface area contributed by atoms with E-state index in [-0.39, 0.29) is 17.1 Å². The second-order valence-corrected chi connectivity index (χ2v) is 8.35. The van der Waals surface area contributed by atoms with Crippen LogP contribution in [0.5, 0.6) is 5.75 Å². The van der Waals surface area contributed by atoms with Gasteiger partial charge in [0.15, 0.2) is 0 Å². The van der Waals surface area contributed by atoms with Gasteiger partial charge < -0.3 is 10.2 Å².